The molecule has 17 heavy (non-hydrogen) atoms. The molecule has 0 N–H and O–H groups in total. The molecule has 4 heteroatoms. The molecule has 0 atom stereocenters. The molecule has 0 spiro atoms. The van der Waals surface area contributed by atoms with Crippen molar-refractivity contribution in [3.63, 3.8) is 0 Å². The Kier molecular flexibility index (Phi) is 11.7. The lowest BCUT2D eigenvalue weighted by Crippen LogP contribution is -2.21. The van der Waals surface area contributed by atoms with Crippen molar-refractivity contribution < 1.29 is 0 Å². The van der Waals surface area contributed by atoms with Crippen LogP contribution < -0.4 is 0 Å². The van der Waals surface area contributed by atoms with E-state index in [9.17, 15) is 0 Å². The maximum absolute atomic E-state index is 3.95. The van der Waals surface area contributed by atoms with Crippen LogP contribution in [0, 0.1) is 0 Å². The van der Waals surface area contributed by atoms with Gasteiger partial charge in [0.15, 0.2) is 0 Å². The highest BCUT2D eigenvalue weighted by Gasteiger charge is 2.14. The number of unbranched alkanes of at least 4 members (excludes halogenated alkanes) is 5. The van der Waals surface area contributed by atoms with Crippen molar-refractivity contribution in [2.45, 2.75) is 67.1 Å². The Morgan fingerprint density at radius 1 is 1.06 bits per heavy atom. The standard InChI is InChI=1S/C13H28Br2Si2/c1-4-17(2,3)12-10-8-6-5-7-9-11-16-13(14)15/h4,13H,1,5-12,16H2,2-3H3. The molecule has 0 aliphatic heterocycles. The first kappa shape index (κ1) is 18.1. The number of hydrogen-bond donors (Lipinski definition) is 0. The van der Waals surface area contributed by atoms with Gasteiger partial charge in [0.25, 0.3) is 0 Å². The van der Waals surface area contributed by atoms with Gasteiger partial charge in [-0.25, -0.2) is 0 Å². The maximum atomic E-state index is 3.95. The SMILES string of the molecule is C=C[Si](C)(C)CCCCCCCC[SiH2]C(Br)Br. The van der Waals surface area contributed by atoms with Crippen molar-refractivity contribution >= 4 is 49.5 Å². The van der Waals surface area contributed by atoms with E-state index < -0.39 is 8.07 Å². The Bertz CT molecular complexity index is 194. The highest BCUT2D eigenvalue weighted by atomic mass is 79.9. The highest BCUT2D eigenvalue weighted by molar-refractivity contribution is 9.25. The van der Waals surface area contributed by atoms with E-state index in [0.29, 0.717) is 3.36 Å². The van der Waals surface area contributed by atoms with Crippen LogP contribution in [0.3, 0.4) is 0 Å². The highest BCUT2D eigenvalue weighted by Crippen LogP contribution is 2.17. The van der Waals surface area contributed by atoms with Crippen LogP contribution in [0.2, 0.25) is 25.2 Å². The summed E-state index contributed by atoms with van der Waals surface area (Å²) in [4.78, 5) is 0. The molecule has 0 unspecified atom stereocenters. The Balaban J connectivity index is 3.16. The van der Waals surface area contributed by atoms with Gasteiger partial charge in [0.05, 0.1) is 11.4 Å². The Labute approximate surface area is 128 Å². The Morgan fingerprint density at radius 2 is 1.59 bits per heavy atom. The summed E-state index contributed by atoms with van der Waals surface area (Å²) in [5, 5.41) is 0. The molecule has 0 saturated carbocycles. The molecular weight excluding hydrogens is 372 g/mol. The van der Waals surface area contributed by atoms with Crippen LogP contribution in [0.15, 0.2) is 12.3 Å². The fourth-order valence-corrected chi connectivity index (χ4v) is 6.12. The second-order valence-corrected chi connectivity index (χ2v) is 18.4. The summed E-state index contributed by atoms with van der Waals surface area (Å²) >= 11 is 7.15. The quantitative estimate of drug-likeness (QED) is 0.247. The van der Waals surface area contributed by atoms with E-state index in [2.05, 4.69) is 57.2 Å². The van der Waals surface area contributed by atoms with Crippen molar-refractivity contribution in [3.05, 3.63) is 12.3 Å². The van der Waals surface area contributed by atoms with Crippen LogP contribution in [0.5, 0.6) is 0 Å². The van der Waals surface area contributed by atoms with E-state index >= 15 is 0 Å². The number of hydrogen-bond acceptors (Lipinski definition) is 0. The molecule has 102 valence electrons. The predicted molar refractivity (Wildman–Crippen MR) is 95.2 cm³/mol. The summed E-state index contributed by atoms with van der Waals surface area (Å²) in [6, 6.07) is 2.91. The second-order valence-electron chi connectivity index (χ2n) is 5.60. The van der Waals surface area contributed by atoms with Gasteiger partial charge in [0.2, 0.25) is 0 Å². The van der Waals surface area contributed by atoms with Gasteiger partial charge in [0.1, 0.15) is 0 Å². The second kappa shape index (κ2) is 11.0. The molecule has 0 aliphatic rings. The predicted octanol–water partition coefficient (Wildman–Crippen LogP) is 5.42. The first-order chi connectivity index (χ1) is 7.98. The molecule has 0 bridgehead atoms. The fourth-order valence-electron chi connectivity index (χ4n) is 1.87. The van der Waals surface area contributed by atoms with Gasteiger partial charge in [-0.2, -0.15) is 0 Å². The average Bonchev–Trinajstić information content (AvgIpc) is 2.26. The topological polar surface area (TPSA) is 0 Å². The maximum Gasteiger partial charge on any atom is 0.0709 e. The summed E-state index contributed by atoms with van der Waals surface area (Å²) in [7, 11) is -0.904. The van der Waals surface area contributed by atoms with E-state index in [1.807, 2.05) is 0 Å². The number of rotatable bonds is 11. The van der Waals surface area contributed by atoms with E-state index in [1.165, 1.54) is 50.6 Å². The lowest BCUT2D eigenvalue weighted by atomic mass is 10.1. The van der Waals surface area contributed by atoms with Crippen LogP contribution in [0.4, 0.5) is 0 Å². The van der Waals surface area contributed by atoms with Gasteiger partial charge in [-0.15, -0.1) is 12.3 Å². The fraction of sp³-hybridized carbons (Fsp3) is 0.846. The van der Waals surface area contributed by atoms with Gasteiger partial charge in [-0.05, 0) is 0 Å². The molecule has 0 radical (unpaired) electrons. The minimum Gasteiger partial charge on any atom is -0.107 e. The molecular formula is C13H28Br2Si2. The zero-order valence-corrected chi connectivity index (χ0v) is 17.1. The minimum absolute atomic E-state index is 0.108. The lowest BCUT2D eigenvalue weighted by molar-refractivity contribution is 0.622. The Hall–Kier alpha value is 1.13. The largest absolute Gasteiger partial charge is 0.107 e. The van der Waals surface area contributed by atoms with Gasteiger partial charge in [-0.1, -0.05) is 95.6 Å². The molecule has 0 aromatic carbocycles. The van der Waals surface area contributed by atoms with E-state index in [0.717, 1.165) is 0 Å². The summed E-state index contributed by atoms with van der Waals surface area (Å²) < 4.78 is 0.654. The van der Waals surface area contributed by atoms with Gasteiger partial charge < -0.3 is 0 Å². The lowest BCUT2D eigenvalue weighted by Gasteiger charge is -2.16. The molecule has 0 aromatic heterocycles. The van der Waals surface area contributed by atoms with Crippen LogP contribution in [0.25, 0.3) is 0 Å². The third-order valence-electron chi connectivity index (χ3n) is 3.30. The van der Waals surface area contributed by atoms with Gasteiger partial charge >= 0.3 is 0 Å². The van der Waals surface area contributed by atoms with Crippen LogP contribution >= 0.6 is 31.9 Å². The molecule has 0 heterocycles. The van der Waals surface area contributed by atoms with E-state index in [-0.39, 0.29) is 9.52 Å². The van der Waals surface area contributed by atoms with Gasteiger partial charge in [-0.3, -0.25) is 0 Å². The van der Waals surface area contributed by atoms with Crippen molar-refractivity contribution in [2.75, 3.05) is 0 Å². The van der Waals surface area contributed by atoms with Crippen molar-refractivity contribution in [1.82, 2.24) is 0 Å². The van der Waals surface area contributed by atoms with Gasteiger partial charge in [0, 0.05) is 9.52 Å². The zero-order chi connectivity index (χ0) is 13.1. The van der Waals surface area contributed by atoms with Crippen LogP contribution in [-0.2, 0) is 0 Å². The summed E-state index contributed by atoms with van der Waals surface area (Å²) in [5.74, 6) is 0. The molecule has 0 fully saturated rings. The van der Waals surface area contributed by atoms with E-state index in [4.69, 9.17) is 0 Å². The molecule has 0 aliphatic carbocycles. The summed E-state index contributed by atoms with van der Waals surface area (Å²) in [6.45, 7) is 8.79. The smallest absolute Gasteiger partial charge is 0.0709 e. The third-order valence-corrected chi connectivity index (χ3v) is 10.1. The average molecular weight is 400 g/mol. The minimum atomic E-state index is -1.01. The number of alkyl halides is 2. The van der Waals surface area contributed by atoms with Crippen molar-refractivity contribution in [3.8, 4) is 0 Å². The first-order valence-corrected chi connectivity index (χ1v) is 13.8. The molecule has 0 saturated heterocycles. The molecule has 0 amide bonds. The number of halogens is 2. The summed E-state index contributed by atoms with van der Waals surface area (Å²) in [5.41, 5.74) is 2.23. The zero-order valence-electron chi connectivity index (χ0n) is 11.5. The summed E-state index contributed by atoms with van der Waals surface area (Å²) in [6.07, 6.45) is 8.63. The molecule has 0 aromatic rings. The van der Waals surface area contributed by atoms with Crippen molar-refractivity contribution in [2.24, 2.45) is 0 Å². The molecule has 0 nitrogen and oxygen atoms in total. The monoisotopic (exact) mass is 398 g/mol. The Morgan fingerprint density at radius 3 is 2.12 bits per heavy atom. The van der Waals surface area contributed by atoms with E-state index in [1.54, 1.807) is 0 Å². The van der Waals surface area contributed by atoms with Crippen LogP contribution in [0.1, 0.15) is 38.5 Å². The normalized spacial score (nSPS) is 12.8. The van der Waals surface area contributed by atoms with Crippen LogP contribution in [-0.4, -0.2) is 21.0 Å². The first-order valence-electron chi connectivity index (χ1n) is 6.90. The third kappa shape index (κ3) is 13.4. The van der Waals surface area contributed by atoms with Crippen molar-refractivity contribution in [1.29, 1.82) is 0 Å². The molecule has 0 rings (SSSR count).